The molecule has 3 aromatic rings. The third kappa shape index (κ3) is 6.09. The lowest BCUT2D eigenvalue weighted by Gasteiger charge is -2.35. The average molecular weight is 466 g/mol. The number of piperazine rings is 1. The van der Waals surface area contributed by atoms with Crippen molar-refractivity contribution in [2.24, 2.45) is 0 Å². The Morgan fingerprint density at radius 1 is 0.939 bits per heavy atom. The molecule has 1 aliphatic heterocycles. The summed E-state index contributed by atoms with van der Waals surface area (Å²) >= 11 is 6.08. The summed E-state index contributed by atoms with van der Waals surface area (Å²) in [6, 6.07) is 21.2. The summed E-state index contributed by atoms with van der Waals surface area (Å²) in [4.78, 5) is 27.5. The Hall–Kier alpha value is -3.42. The zero-order valence-electron chi connectivity index (χ0n) is 18.0. The van der Waals surface area contributed by atoms with Crippen molar-refractivity contribution in [2.75, 3.05) is 26.2 Å². The van der Waals surface area contributed by atoms with Crippen LogP contribution in [0, 0.1) is 10.1 Å². The van der Waals surface area contributed by atoms with Gasteiger partial charge in [0.05, 0.1) is 4.92 Å². The molecule has 0 spiro atoms. The van der Waals surface area contributed by atoms with Gasteiger partial charge in [0.2, 0.25) is 0 Å². The number of hydrogen-bond donors (Lipinski definition) is 0. The van der Waals surface area contributed by atoms with Crippen molar-refractivity contribution in [2.45, 2.75) is 13.2 Å². The highest BCUT2D eigenvalue weighted by Crippen LogP contribution is 2.19. The zero-order chi connectivity index (χ0) is 23.2. The molecule has 0 unspecified atom stereocenters. The molecule has 8 heteroatoms. The topological polar surface area (TPSA) is 75.9 Å². The molecular formula is C25H24ClN3O4. The summed E-state index contributed by atoms with van der Waals surface area (Å²) < 4.78 is 5.72. The molecule has 3 aromatic carbocycles. The van der Waals surface area contributed by atoms with Crippen LogP contribution in [-0.4, -0.2) is 46.8 Å². The van der Waals surface area contributed by atoms with Crippen molar-refractivity contribution in [3.05, 3.63) is 105 Å². The van der Waals surface area contributed by atoms with E-state index in [2.05, 4.69) is 11.0 Å². The third-order valence-corrected chi connectivity index (χ3v) is 5.82. The monoisotopic (exact) mass is 465 g/mol. The van der Waals surface area contributed by atoms with Crippen LogP contribution in [0.4, 0.5) is 5.69 Å². The summed E-state index contributed by atoms with van der Waals surface area (Å²) in [6.07, 6.45) is 0. The second kappa shape index (κ2) is 10.5. The minimum Gasteiger partial charge on any atom is -0.489 e. The summed E-state index contributed by atoms with van der Waals surface area (Å²) in [5, 5.41) is 11.5. The number of rotatable bonds is 7. The van der Waals surface area contributed by atoms with E-state index in [1.807, 2.05) is 47.4 Å². The maximum absolute atomic E-state index is 13.0. The molecule has 7 nitrogen and oxygen atoms in total. The molecule has 4 rings (SSSR count). The SMILES string of the molecule is O=C(c1cccc(COc2ccc([N+](=O)[O-])cc2)c1)N1CCN(Cc2cccc(Cl)c2)CC1. The van der Waals surface area contributed by atoms with Crippen molar-refractivity contribution in [3.63, 3.8) is 0 Å². The first-order valence-corrected chi connectivity index (χ1v) is 11.1. The number of ether oxygens (including phenoxy) is 1. The van der Waals surface area contributed by atoms with E-state index in [1.165, 1.54) is 17.7 Å². The van der Waals surface area contributed by atoms with Crippen LogP contribution in [0.1, 0.15) is 21.5 Å². The number of nitro groups is 1. The lowest BCUT2D eigenvalue weighted by molar-refractivity contribution is -0.384. The number of benzene rings is 3. The van der Waals surface area contributed by atoms with E-state index in [1.54, 1.807) is 12.1 Å². The fourth-order valence-electron chi connectivity index (χ4n) is 3.81. The van der Waals surface area contributed by atoms with Crippen LogP contribution in [0.15, 0.2) is 72.8 Å². The zero-order valence-corrected chi connectivity index (χ0v) is 18.8. The van der Waals surface area contributed by atoms with E-state index >= 15 is 0 Å². The standard InChI is InChI=1S/C25H24ClN3O4/c26-22-6-2-3-19(16-22)17-27-11-13-28(14-12-27)25(30)21-5-1-4-20(15-21)18-33-24-9-7-23(8-10-24)29(31)32/h1-10,15-16H,11-14,17-18H2. The molecule has 170 valence electrons. The number of nitro benzene ring substituents is 1. The Balaban J connectivity index is 1.30. The van der Waals surface area contributed by atoms with Gasteiger partial charge < -0.3 is 9.64 Å². The maximum atomic E-state index is 13.0. The molecule has 0 aliphatic carbocycles. The van der Waals surface area contributed by atoms with E-state index in [4.69, 9.17) is 16.3 Å². The molecule has 0 radical (unpaired) electrons. The molecule has 0 N–H and O–H groups in total. The second-order valence-corrected chi connectivity index (χ2v) is 8.37. The van der Waals surface area contributed by atoms with Gasteiger partial charge >= 0.3 is 0 Å². The van der Waals surface area contributed by atoms with Gasteiger partial charge in [0.15, 0.2) is 0 Å². The molecule has 1 fully saturated rings. The first-order chi connectivity index (χ1) is 16.0. The highest BCUT2D eigenvalue weighted by molar-refractivity contribution is 6.30. The fourth-order valence-corrected chi connectivity index (χ4v) is 4.02. The van der Waals surface area contributed by atoms with Gasteiger partial charge in [0.1, 0.15) is 12.4 Å². The minimum absolute atomic E-state index is 0.00888. The molecule has 1 heterocycles. The predicted molar refractivity (Wildman–Crippen MR) is 127 cm³/mol. The van der Waals surface area contributed by atoms with Crippen LogP contribution in [0.25, 0.3) is 0 Å². The Morgan fingerprint density at radius 2 is 1.64 bits per heavy atom. The summed E-state index contributed by atoms with van der Waals surface area (Å²) in [5.41, 5.74) is 2.67. The molecule has 0 saturated carbocycles. The number of non-ortho nitro benzene ring substituents is 1. The van der Waals surface area contributed by atoms with Gasteiger partial charge in [-0.1, -0.05) is 35.9 Å². The number of carbonyl (C=O) groups excluding carboxylic acids is 1. The third-order valence-electron chi connectivity index (χ3n) is 5.58. The number of amides is 1. The van der Waals surface area contributed by atoms with Crippen molar-refractivity contribution >= 4 is 23.2 Å². The summed E-state index contributed by atoms with van der Waals surface area (Å²) in [6.45, 7) is 4.04. The number of nitrogens with zero attached hydrogens (tertiary/aromatic N) is 3. The van der Waals surface area contributed by atoms with Crippen LogP contribution < -0.4 is 4.74 Å². The smallest absolute Gasteiger partial charge is 0.269 e. The Morgan fingerprint density at radius 3 is 2.33 bits per heavy atom. The van der Waals surface area contributed by atoms with Gasteiger partial charge in [0, 0.05) is 55.4 Å². The first-order valence-electron chi connectivity index (χ1n) is 10.7. The normalized spacial score (nSPS) is 14.2. The maximum Gasteiger partial charge on any atom is 0.269 e. The number of carbonyl (C=O) groups is 1. The van der Waals surface area contributed by atoms with Gasteiger partial charge in [-0.2, -0.15) is 0 Å². The first kappa shape index (κ1) is 22.8. The highest BCUT2D eigenvalue weighted by atomic mass is 35.5. The van der Waals surface area contributed by atoms with E-state index in [0.29, 0.717) is 24.4 Å². The van der Waals surface area contributed by atoms with Gasteiger partial charge in [-0.15, -0.1) is 0 Å². The van der Waals surface area contributed by atoms with Gasteiger partial charge in [-0.25, -0.2) is 0 Å². The van der Waals surface area contributed by atoms with Crippen LogP contribution in [0.3, 0.4) is 0 Å². The lowest BCUT2D eigenvalue weighted by Crippen LogP contribution is -2.48. The second-order valence-electron chi connectivity index (χ2n) is 7.94. The largest absolute Gasteiger partial charge is 0.489 e. The van der Waals surface area contributed by atoms with Gasteiger partial charge in [-0.3, -0.25) is 19.8 Å². The summed E-state index contributed by atoms with van der Waals surface area (Å²) in [5.74, 6) is 0.544. The van der Waals surface area contributed by atoms with Crippen LogP contribution in [-0.2, 0) is 13.2 Å². The van der Waals surface area contributed by atoms with Crippen LogP contribution in [0.2, 0.25) is 5.02 Å². The molecular weight excluding hydrogens is 442 g/mol. The van der Waals surface area contributed by atoms with Crippen molar-refractivity contribution in [3.8, 4) is 5.75 Å². The summed E-state index contributed by atoms with van der Waals surface area (Å²) in [7, 11) is 0. The average Bonchev–Trinajstić information content (AvgIpc) is 2.83. The molecule has 1 amide bonds. The van der Waals surface area contributed by atoms with Crippen molar-refractivity contribution in [1.82, 2.24) is 9.80 Å². The van der Waals surface area contributed by atoms with Crippen LogP contribution >= 0.6 is 11.6 Å². The highest BCUT2D eigenvalue weighted by Gasteiger charge is 2.22. The fraction of sp³-hybridized carbons (Fsp3) is 0.240. The Labute approximate surface area is 197 Å². The van der Waals surface area contributed by atoms with E-state index < -0.39 is 4.92 Å². The molecule has 1 aliphatic rings. The van der Waals surface area contributed by atoms with E-state index in [0.717, 1.165) is 30.2 Å². The number of halogens is 1. The lowest BCUT2D eigenvalue weighted by atomic mass is 10.1. The number of hydrogen-bond acceptors (Lipinski definition) is 5. The molecule has 0 bridgehead atoms. The molecule has 1 saturated heterocycles. The predicted octanol–water partition coefficient (Wildman–Crippen LogP) is 4.79. The van der Waals surface area contributed by atoms with Crippen molar-refractivity contribution in [1.29, 1.82) is 0 Å². The molecule has 33 heavy (non-hydrogen) atoms. The Kier molecular flexibility index (Phi) is 7.22. The molecule has 0 atom stereocenters. The van der Waals surface area contributed by atoms with Gasteiger partial charge in [0.25, 0.3) is 11.6 Å². The van der Waals surface area contributed by atoms with Gasteiger partial charge in [-0.05, 0) is 47.5 Å². The van der Waals surface area contributed by atoms with Crippen molar-refractivity contribution < 1.29 is 14.5 Å². The Bertz CT molecular complexity index is 1130. The quantitative estimate of drug-likeness (QED) is 0.370. The van der Waals surface area contributed by atoms with E-state index in [-0.39, 0.29) is 18.2 Å². The minimum atomic E-state index is -0.448. The molecule has 0 aromatic heterocycles. The van der Waals surface area contributed by atoms with E-state index in [9.17, 15) is 14.9 Å². The van der Waals surface area contributed by atoms with Crippen LogP contribution in [0.5, 0.6) is 5.75 Å².